The van der Waals surface area contributed by atoms with E-state index >= 15 is 0 Å². The SMILES string of the molecule is Nc1cc(NCC2CC3CCC2C3)cc([N+](=O)[O-])c1. The molecule has 0 spiro atoms. The molecule has 3 rings (SSSR count). The Balaban J connectivity index is 1.65. The summed E-state index contributed by atoms with van der Waals surface area (Å²) in [6.07, 6.45) is 5.44. The summed E-state index contributed by atoms with van der Waals surface area (Å²) in [5.41, 5.74) is 6.94. The molecule has 0 aromatic heterocycles. The molecule has 1 aromatic carbocycles. The van der Waals surface area contributed by atoms with E-state index in [0.717, 1.165) is 30.0 Å². The average Bonchev–Trinajstić information content (AvgIpc) is 2.97. The lowest BCUT2D eigenvalue weighted by atomic mass is 9.89. The first kappa shape index (κ1) is 12.3. The van der Waals surface area contributed by atoms with Gasteiger partial charge in [-0.25, -0.2) is 0 Å². The minimum Gasteiger partial charge on any atom is -0.398 e. The monoisotopic (exact) mass is 261 g/mol. The summed E-state index contributed by atoms with van der Waals surface area (Å²) in [6, 6.07) is 4.71. The molecule has 5 heteroatoms. The standard InChI is InChI=1S/C14H19N3O2/c15-12-5-13(7-14(6-12)17(18)19)16-8-11-4-9-1-2-10(11)3-9/h5-7,9-11,16H,1-4,8,15H2. The molecule has 102 valence electrons. The molecule has 1 aromatic rings. The predicted octanol–water partition coefficient (Wildman–Crippen LogP) is 3.03. The highest BCUT2D eigenvalue weighted by molar-refractivity contribution is 5.61. The van der Waals surface area contributed by atoms with Crippen LogP contribution < -0.4 is 11.1 Å². The Bertz CT molecular complexity index is 503. The molecular weight excluding hydrogens is 242 g/mol. The molecule has 0 amide bonds. The number of rotatable bonds is 4. The van der Waals surface area contributed by atoms with E-state index in [9.17, 15) is 10.1 Å². The number of nitro groups is 1. The molecule has 0 heterocycles. The van der Waals surface area contributed by atoms with Gasteiger partial charge in [0.15, 0.2) is 0 Å². The van der Waals surface area contributed by atoms with E-state index in [-0.39, 0.29) is 5.69 Å². The van der Waals surface area contributed by atoms with Crippen molar-refractivity contribution in [2.24, 2.45) is 17.8 Å². The van der Waals surface area contributed by atoms with Crippen molar-refractivity contribution < 1.29 is 4.92 Å². The Kier molecular flexibility index (Phi) is 3.05. The maximum absolute atomic E-state index is 10.8. The van der Waals surface area contributed by atoms with Crippen LogP contribution in [-0.2, 0) is 0 Å². The third-order valence-electron chi connectivity index (χ3n) is 4.60. The molecule has 3 atom stereocenters. The maximum atomic E-state index is 10.8. The van der Waals surface area contributed by atoms with Crippen LogP contribution in [-0.4, -0.2) is 11.5 Å². The molecule has 3 unspecified atom stereocenters. The number of nitro benzene ring substituents is 1. The summed E-state index contributed by atoms with van der Waals surface area (Å²) in [5.74, 6) is 2.50. The van der Waals surface area contributed by atoms with Gasteiger partial charge in [0.2, 0.25) is 0 Å². The van der Waals surface area contributed by atoms with Crippen molar-refractivity contribution in [3.05, 3.63) is 28.3 Å². The molecular formula is C14H19N3O2. The Labute approximate surface area is 112 Å². The van der Waals surface area contributed by atoms with Crippen LogP contribution in [0.15, 0.2) is 18.2 Å². The van der Waals surface area contributed by atoms with E-state index in [1.807, 2.05) is 0 Å². The average molecular weight is 261 g/mol. The van der Waals surface area contributed by atoms with Gasteiger partial charge < -0.3 is 11.1 Å². The van der Waals surface area contributed by atoms with Gasteiger partial charge >= 0.3 is 0 Å². The molecule has 2 aliphatic rings. The quantitative estimate of drug-likeness (QED) is 0.496. The zero-order valence-electron chi connectivity index (χ0n) is 10.8. The number of benzene rings is 1. The summed E-state index contributed by atoms with van der Waals surface area (Å²) >= 11 is 0. The first-order valence-electron chi connectivity index (χ1n) is 6.90. The van der Waals surface area contributed by atoms with Crippen LogP contribution in [0.5, 0.6) is 0 Å². The van der Waals surface area contributed by atoms with Gasteiger partial charge in [-0.2, -0.15) is 0 Å². The maximum Gasteiger partial charge on any atom is 0.273 e. The van der Waals surface area contributed by atoms with Gasteiger partial charge in [0.05, 0.1) is 4.92 Å². The molecule has 3 N–H and O–H groups in total. The van der Waals surface area contributed by atoms with E-state index in [0.29, 0.717) is 5.69 Å². The lowest BCUT2D eigenvalue weighted by Crippen LogP contribution is -2.20. The largest absolute Gasteiger partial charge is 0.398 e. The Morgan fingerprint density at radius 1 is 1.32 bits per heavy atom. The van der Waals surface area contributed by atoms with Gasteiger partial charge in [-0.05, 0) is 43.1 Å². The van der Waals surface area contributed by atoms with E-state index in [2.05, 4.69) is 5.32 Å². The lowest BCUT2D eigenvalue weighted by molar-refractivity contribution is -0.384. The molecule has 0 radical (unpaired) electrons. The fourth-order valence-corrected chi connectivity index (χ4v) is 3.72. The van der Waals surface area contributed by atoms with Gasteiger partial charge in [0.25, 0.3) is 5.69 Å². The normalized spacial score (nSPS) is 28.5. The fourth-order valence-electron chi connectivity index (χ4n) is 3.72. The number of fused-ring (bicyclic) bond motifs is 2. The number of anilines is 2. The molecule has 0 saturated heterocycles. The highest BCUT2D eigenvalue weighted by Crippen LogP contribution is 2.48. The van der Waals surface area contributed by atoms with Crippen molar-refractivity contribution in [2.75, 3.05) is 17.6 Å². The smallest absolute Gasteiger partial charge is 0.273 e. The first-order valence-corrected chi connectivity index (χ1v) is 6.90. The topological polar surface area (TPSA) is 81.2 Å². The van der Waals surface area contributed by atoms with Crippen LogP contribution in [0.3, 0.4) is 0 Å². The summed E-state index contributed by atoms with van der Waals surface area (Å²) in [5, 5.41) is 14.1. The van der Waals surface area contributed by atoms with Crippen LogP contribution in [0.25, 0.3) is 0 Å². The summed E-state index contributed by atoms with van der Waals surface area (Å²) < 4.78 is 0. The zero-order chi connectivity index (χ0) is 13.4. The minimum absolute atomic E-state index is 0.0513. The van der Waals surface area contributed by atoms with Crippen molar-refractivity contribution in [3.8, 4) is 0 Å². The van der Waals surface area contributed by atoms with E-state index in [1.54, 1.807) is 12.1 Å². The third kappa shape index (κ3) is 2.50. The number of nitrogens with two attached hydrogens (primary N) is 1. The number of non-ortho nitro benzene ring substituents is 1. The summed E-state index contributed by atoms with van der Waals surface area (Å²) in [7, 11) is 0. The van der Waals surface area contributed by atoms with Crippen molar-refractivity contribution in [2.45, 2.75) is 25.7 Å². The van der Waals surface area contributed by atoms with Crippen LogP contribution in [0.4, 0.5) is 17.1 Å². The van der Waals surface area contributed by atoms with E-state index in [1.165, 1.54) is 31.7 Å². The van der Waals surface area contributed by atoms with Crippen molar-refractivity contribution >= 4 is 17.1 Å². The number of hydrogen-bond donors (Lipinski definition) is 2. The molecule has 2 saturated carbocycles. The second-order valence-electron chi connectivity index (χ2n) is 5.89. The molecule has 19 heavy (non-hydrogen) atoms. The first-order chi connectivity index (χ1) is 9.11. The zero-order valence-corrected chi connectivity index (χ0v) is 10.8. The Morgan fingerprint density at radius 3 is 2.79 bits per heavy atom. The summed E-state index contributed by atoms with van der Waals surface area (Å²) in [4.78, 5) is 10.4. The third-order valence-corrected chi connectivity index (χ3v) is 4.60. The number of nitrogens with one attached hydrogen (secondary N) is 1. The van der Waals surface area contributed by atoms with Crippen LogP contribution in [0, 0.1) is 27.9 Å². The van der Waals surface area contributed by atoms with Gasteiger partial charge in [0.1, 0.15) is 0 Å². The van der Waals surface area contributed by atoms with Gasteiger partial charge in [-0.3, -0.25) is 10.1 Å². The van der Waals surface area contributed by atoms with Crippen molar-refractivity contribution in [1.29, 1.82) is 0 Å². The predicted molar refractivity (Wildman–Crippen MR) is 74.9 cm³/mol. The molecule has 2 aliphatic carbocycles. The number of hydrogen-bond acceptors (Lipinski definition) is 4. The van der Waals surface area contributed by atoms with Crippen LogP contribution in [0.2, 0.25) is 0 Å². The lowest BCUT2D eigenvalue weighted by Gasteiger charge is -2.22. The van der Waals surface area contributed by atoms with Crippen LogP contribution >= 0.6 is 0 Å². The molecule has 2 bridgehead atoms. The minimum atomic E-state index is -0.404. The fraction of sp³-hybridized carbons (Fsp3) is 0.571. The second-order valence-corrected chi connectivity index (χ2v) is 5.89. The number of nitrogens with zero attached hydrogens (tertiary/aromatic N) is 1. The number of nitrogen functional groups attached to an aromatic ring is 1. The van der Waals surface area contributed by atoms with Gasteiger partial charge in [0, 0.05) is 30.1 Å². The Hall–Kier alpha value is -1.78. The highest BCUT2D eigenvalue weighted by Gasteiger charge is 2.39. The van der Waals surface area contributed by atoms with Crippen LogP contribution in [0.1, 0.15) is 25.7 Å². The highest BCUT2D eigenvalue weighted by atomic mass is 16.6. The Morgan fingerprint density at radius 2 is 2.16 bits per heavy atom. The molecule has 0 aliphatic heterocycles. The van der Waals surface area contributed by atoms with Gasteiger partial charge in [-0.1, -0.05) is 6.42 Å². The molecule has 2 fully saturated rings. The van der Waals surface area contributed by atoms with Gasteiger partial charge in [-0.15, -0.1) is 0 Å². The van der Waals surface area contributed by atoms with Crippen molar-refractivity contribution in [3.63, 3.8) is 0 Å². The summed E-state index contributed by atoms with van der Waals surface area (Å²) in [6.45, 7) is 0.905. The van der Waals surface area contributed by atoms with E-state index in [4.69, 9.17) is 5.73 Å². The molecule has 5 nitrogen and oxygen atoms in total. The second kappa shape index (κ2) is 4.72. The van der Waals surface area contributed by atoms with E-state index < -0.39 is 4.92 Å². The van der Waals surface area contributed by atoms with Crippen molar-refractivity contribution in [1.82, 2.24) is 0 Å².